The average Bonchev–Trinajstić information content (AvgIpc) is 3.29. The van der Waals surface area contributed by atoms with Crippen LogP contribution in [0.1, 0.15) is 31.2 Å². The molecule has 3 aromatic rings. The first-order valence-electron chi connectivity index (χ1n) is 9.80. The van der Waals surface area contributed by atoms with E-state index in [1.807, 2.05) is 32.0 Å². The Labute approximate surface area is 173 Å². The van der Waals surface area contributed by atoms with E-state index in [1.54, 1.807) is 23.5 Å². The van der Waals surface area contributed by atoms with E-state index in [1.165, 1.54) is 0 Å². The third kappa shape index (κ3) is 3.47. The van der Waals surface area contributed by atoms with Gasteiger partial charge in [-0.25, -0.2) is 4.98 Å². The Kier molecular flexibility index (Phi) is 4.38. The van der Waals surface area contributed by atoms with Gasteiger partial charge < -0.3 is 18.9 Å². The Morgan fingerprint density at radius 1 is 1.30 bits per heavy atom. The fourth-order valence-corrected chi connectivity index (χ4v) is 3.69. The fourth-order valence-electron chi connectivity index (χ4n) is 3.69. The highest BCUT2D eigenvalue weighted by Gasteiger charge is 2.36. The maximum Gasteiger partial charge on any atom is 0.260 e. The van der Waals surface area contributed by atoms with Gasteiger partial charge in [0.1, 0.15) is 11.3 Å². The summed E-state index contributed by atoms with van der Waals surface area (Å²) in [7, 11) is 0. The lowest BCUT2D eigenvalue weighted by Gasteiger charge is -2.36. The molecule has 0 N–H and O–H groups in total. The first kappa shape index (κ1) is 18.5. The second-order valence-electron chi connectivity index (χ2n) is 8.11. The van der Waals surface area contributed by atoms with Gasteiger partial charge >= 0.3 is 0 Å². The topological polar surface area (TPSA) is 103 Å². The number of carbonyl (C=O) groups is 1. The van der Waals surface area contributed by atoms with Gasteiger partial charge in [0.25, 0.3) is 5.91 Å². The monoisotopic (exact) mass is 407 g/mol. The highest BCUT2D eigenvalue weighted by molar-refractivity contribution is 5.79. The van der Waals surface area contributed by atoms with E-state index >= 15 is 0 Å². The van der Waals surface area contributed by atoms with E-state index in [0.29, 0.717) is 36.2 Å². The first-order valence-corrected chi connectivity index (χ1v) is 9.80. The molecule has 1 aromatic carbocycles. The molecule has 2 aliphatic heterocycles. The van der Waals surface area contributed by atoms with Crippen LogP contribution >= 0.6 is 0 Å². The normalized spacial score (nSPS) is 17.2. The molecular formula is C21H21N5O4. The number of carbonyl (C=O) groups excluding carboxylic acids is 1. The van der Waals surface area contributed by atoms with Gasteiger partial charge in [0.05, 0.1) is 12.1 Å². The molecule has 1 fully saturated rings. The second-order valence-corrected chi connectivity index (χ2v) is 8.11. The molecule has 0 atom stereocenters. The summed E-state index contributed by atoms with van der Waals surface area (Å²) in [4.78, 5) is 26.8. The van der Waals surface area contributed by atoms with Gasteiger partial charge in [-0.15, -0.1) is 0 Å². The largest absolute Gasteiger partial charge is 0.483 e. The van der Waals surface area contributed by atoms with Gasteiger partial charge in [0, 0.05) is 37.5 Å². The number of likely N-dealkylation sites (tertiary alicyclic amines) is 1. The van der Waals surface area contributed by atoms with E-state index in [2.05, 4.69) is 20.1 Å². The Balaban J connectivity index is 1.16. The van der Waals surface area contributed by atoms with Gasteiger partial charge in [0.15, 0.2) is 18.1 Å². The maximum atomic E-state index is 12.5. The zero-order valence-corrected chi connectivity index (χ0v) is 16.7. The quantitative estimate of drug-likeness (QED) is 0.634. The summed E-state index contributed by atoms with van der Waals surface area (Å²) >= 11 is 0. The summed E-state index contributed by atoms with van der Waals surface area (Å²) in [5, 5.41) is 3.95. The molecule has 1 amide bonds. The van der Waals surface area contributed by atoms with Crippen molar-refractivity contribution in [2.75, 3.05) is 19.7 Å². The highest BCUT2D eigenvalue weighted by Crippen LogP contribution is 2.41. The van der Waals surface area contributed by atoms with Crippen LogP contribution in [-0.2, 0) is 11.2 Å². The number of rotatable bonds is 5. The standard InChI is InChI=1S/C21H21N5O4/c1-21(2)8-13-4-3-5-16(18(13)29-21)28-12-17(27)26-10-14(11-26)20-24-19(25-30-20)15-9-22-6-7-23-15/h3-7,9,14H,8,10-12H2,1-2H3. The maximum absolute atomic E-state index is 12.5. The predicted octanol–water partition coefficient (Wildman–Crippen LogP) is 2.24. The van der Waals surface area contributed by atoms with Crippen molar-refractivity contribution < 1.29 is 18.8 Å². The van der Waals surface area contributed by atoms with Crippen molar-refractivity contribution in [2.45, 2.75) is 31.8 Å². The number of hydrogen-bond donors (Lipinski definition) is 0. The van der Waals surface area contributed by atoms with Gasteiger partial charge in [0.2, 0.25) is 11.7 Å². The molecule has 9 heteroatoms. The van der Waals surface area contributed by atoms with E-state index in [0.717, 1.165) is 17.7 Å². The van der Waals surface area contributed by atoms with E-state index in [4.69, 9.17) is 14.0 Å². The van der Waals surface area contributed by atoms with Crippen LogP contribution in [0.25, 0.3) is 11.5 Å². The van der Waals surface area contributed by atoms with Crippen molar-refractivity contribution in [3.63, 3.8) is 0 Å². The summed E-state index contributed by atoms with van der Waals surface area (Å²) in [5.41, 5.74) is 1.39. The summed E-state index contributed by atoms with van der Waals surface area (Å²) in [6.07, 6.45) is 5.55. The molecule has 4 heterocycles. The Morgan fingerprint density at radius 3 is 2.97 bits per heavy atom. The molecule has 0 unspecified atom stereocenters. The number of benzene rings is 1. The third-order valence-corrected chi connectivity index (χ3v) is 5.22. The summed E-state index contributed by atoms with van der Waals surface area (Å²) in [5.74, 6) is 2.16. The van der Waals surface area contributed by atoms with Crippen molar-refractivity contribution in [3.8, 4) is 23.0 Å². The Hall–Kier alpha value is -3.49. The average molecular weight is 407 g/mol. The smallest absolute Gasteiger partial charge is 0.260 e. The molecule has 0 aliphatic carbocycles. The molecule has 2 aromatic heterocycles. The molecule has 0 radical (unpaired) electrons. The van der Waals surface area contributed by atoms with Crippen molar-refractivity contribution in [2.24, 2.45) is 0 Å². The predicted molar refractivity (Wildman–Crippen MR) is 105 cm³/mol. The number of aromatic nitrogens is 4. The molecule has 30 heavy (non-hydrogen) atoms. The van der Waals surface area contributed by atoms with Crippen molar-refractivity contribution >= 4 is 5.91 Å². The van der Waals surface area contributed by atoms with Gasteiger partial charge in [-0.3, -0.25) is 9.78 Å². The number of nitrogens with zero attached hydrogens (tertiary/aromatic N) is 5. The molecule has 0 saturated carbocycles. The third-order valence-electron chi connectivity index (χ3n) is 5.22. The molecule has 9 nitrogen and oxygen atoms in total. The van der Waals surface area contributed by atoms with E-state index in [9.17, 15) is 4.79 Å². The van der Waals surface area contributed by atoms with Crippen LogP contribution in [0.2, 0.25) is 0 Å². The minimum absolute atomic E-state index is 0.0111. The lowest BCUT2D eigenvalue weighted by Crippen LogP contribution is -2.50. The molecule has 154 valence electrons. The lowest BCUT2D eigenvalue weighted by atomic mass is 10.0. The number of para-hydroxylation sites is 1. The van der Waals surface area contributed by atoms with Crippen LogP contribution in [0.4, 0.5) is 0 Å². The number of amides is 1. The summed E-state index contributed by atoms with van der Waals surface area (Å²) in [6.45, 7) is 5.06. The Bertz CT molecular complexity index is 1080. The summed E-state index contributed by atoms with van der Waals surface area (Å²) < 4.78 is 17.1. The van der Waals surface area contributed by atoms with Crippen LogP contribution in [0.3, 0.4) is 0 Å². The molecule has 1 saturated heterocycles. The number of ether oxygens (including phenoxy) is 2. The van der Waals surface area contributed by atoms with Crippen LogP contribution < -0.4 is 9.47 Å². The van der Waals surface area contributed by atoms with Crippen LogP contribution in [0, 0.1) is 0 Å². The van der Waals surface area contributed by atoms with Gasteiger partial charge in [-0.05, 0) is 19.9 Å². The molecule has 5 rings (SSSR count). The minimum atomic E-state index is -0.259. The van der Waals surface area contributed by atoms with Gasteiger partial charge in [-0.2, -0.15) is 4.98 Å². The molecule has 0 spiro atoms. The second kappa shape index (κ2) is 7.08. The lowest BCUT2D eigenvalue weighted by molar-refractivity contribution is -0.138. The van der Waals surface area contributed by atoms with Crippen molar-refractivity contribution in [1.29, 1.82) is 0 Å². The first-order chi connectivity index (χ1) is 14.5. The summed E-state index contributed by atoms with van der Waals surface area (Å²) in [6, 6.07) is 5.78. The zero-order valence-electron chi connectivity index (χ0n) is 16.7. The number of hydrogen-bond acceptors (Lipinski definition) is 8. The molecule has 0 bridgehead atoms. The van der Waals surface area contributed by atoms with Crippen molar-refractivity contribution in [1.82, 2.24) is 25.0 Å². The molecule has 2 aliphatic rings. The van der Waals surface area contributed by atoms with Crippen LogP contribution in [-0.4, -0.2) is 56.2 Å². The zero-order chi connectivity index (χ0) is 20.7. The van der Waals surface area contributed by atoms with Gasteiger partial charge in [-0.1, -0.05) is 17.3 Å². The van der Waals surface area contributed by atoms with Crippen LogP contribution in [0.5, 0.6) is 11.5 Å². The Morgan fingerprint density at radius 2 is 2.17 bits per heavy atom. The van der Waals surface area contributed by atoms with Crippen LogP contribution in [0.15, 0.2) is 41.3 Å². The van der Waals surface area contributed by atoms with E-state index in [-0.39, 0.29) is 24.0 Å². The molecular weight excluding hydrogens is 386 g/mol. The highest BCUT2D eigenvalue weighted by atomic mass is 16.5. The van der Waals surface area contributed by atoms with E-state index < -0.39 is 0 Å². The number of fused-ring (bicyclic) bond motifs is 1. The fraction of sp³-hybridized carbons (Fsp3) is 0.381. The SMILES string of the molecule is CC1(C)Cc2cccc(OCC(=O)N3CC(c4nc(-c5cnccn5)no4)C3)c2O1. The minimum Gasteiger partial charge on any atom is -0.483 e. The van der Waals surface area contributed by atoms with Crippen molar-refractivity contribution in [3.05, 3.63) is 48.2 Å².